The lowest BCUT2D eigenvalue weighted by Gasteiger charge is -2.26. The van der Waals surface area contributed by atoms with E-state index in [9.17, 15) is 24.0 Å². The van der Waals surface area contributed by atoms with Crippen molar-refractivity contribution >= 4 is 40.3 Å². The van der Waals surface area contributed by atoms with Crippen molar-refractivity contribution in [2.75, 3.05) is 13.1 Å². The van der Waals surface area contributed by atoms with Crippen LogP contribution in [-0.4, -0.2) is 70.6 Å². The lowest BCUT2D eigenvalue weighted by Crippen LogP contribution is -2.54. The first-order valence-electron chi connectivity index (χ1n) is 15.8. The lowest BCUT2D eigenvalue weighted by molar-refractivity contribution is -0.141. The maximum Gasteiger partial charge on any atom is 0.289 e. The molecular weight excluding hydrogens is 598 g/mol. The van der Waals surface area contributed by atoms with Crippen molar-refractivity contribution in [1.82, 2.24) is 25.8 Å². The van der Waals surface area contributed by atoms with Crippen LogP contribution in [0.15, 0.2) is 91.0 Å². The predicted octanol–water partition coefficient (Wildman–Crippen LogP) is 2.86. The molecule has 0 radical (unpaired) electrons. The highest BCUT2D eigenvalue weighted by molar-refractivity contribution is 6.38. The van der Waals surface area contributed by atoms with Crippen LogP contribution in [0.1, 0.15) is 40.9 Å². The second-order valence-electron chi connectivity index (χ2n) is 12.0. The van der Waals surface area contributed by atoms with Gasteiger partial charge in [-0.3, -0.25) is 24.0 Å². The molecule has 47 heavy (non-hydrogen) atoms. The normalized spacial score (nSPS) is 19.7. The number of hydrogen-bond acceptors (Lipinski definition) is 6. The Balaban J connectivity index is 1.21. The van der Waals surface area contributed by atoms with Gasteiger partial charge in [0.25, 0.3) is 11.8 Å². The number of nitrogens with one attached hydrogen (secondary N) is 4. The van der Waals surface area contributed by atoms with Crippen molar-refractivity contribution in [3.8, 4) is 0 Å². The number of amides is 4. The van der Waals surface area contributed by atoms with Crippen LogP contribution in [0.2, 0.25) is 0 Å². The molecule has 1 aromatic heterocycles. The third kappa shape index (κ3) is 7.58. The summed E-state index contributed by atoms with van der Waals surface area (Å²) in [7, 11) is 0. The number of ketones is 1. The molecule has 242 valence electrons. The smallest absolute Gasteiger partial charge is 0.289 e. The molecule has 2 aliphatic rings. The number of hydrogen-bond donors (Lipinski definition) is 4. The summed E-state index contributed by atoms with van der Waals surface area (Å²) in [5.41, 5.74) is 2.87. The number of para-hydroxylation sites is 1. The van der Waals surface area contributed by atoms with Crippen molar-refractivity contribution in [3.05, 3.63) is 108 Å². The highest BCUT2D eigenvalue weighted by Gasteiger charge is 2.43. The molecule has 0 spiro atoms. The molecule has 4 N–H and O–H groups in total. The number of likely N-dealkylation sites (tertiary alicyclic amines) is 1. The second-order valence-corrected chi connectivity index (χ2v) is 12.0. The van der Waals surface area contributed by atoms with Crippen molar-refractivity contribution < 1.29 is 28.7 Å². The first-order valence-corrected chi connectivity index (χ1v) is 15.8. The monoisotopic (exact) mass is 635 g/mol. The molecule has 4 atom stereocenters. The van der Waals surface area contributed by atoms with E-state index in [0.29, 0.717) is 25.3 Å². The number of nitrogens with zero attached hydrogens (tertiary/aromatic N) is 1. The number of Topliss-reactive ketones (excluding diaryl/α,β-unsaturated/α-hetero) is 1. The number of aromatic nitrogens is 1. The fourth-order valence-electron chi connectivity index (χ4n) is 6.20. The van der Waals surface area contributed by atoms with Crippen LogP contribution in [0, 0.1) is 5.92 Å². The summed E-state index contributed by atoms with van der Waals surface area (Å²) in [6.07, 6.45) is 0.179. The van der Waals surface area contributed by atoms with Gasteiger partial charge in [-0.1, -0.05) is 78.9 Å². The van der Waals surface area contributed by atoms with E-state index in [4.69, 9.17) is 4.74 Å². The Morgan fingerprint density at radius 1 is 0.915 bits per heavy atom. The van der Waals surface area contributed by atoms with Crippen LogP contribution in [0.3, 0.4) is 0 Å². The van der Waals surface area contributed by atoms with E-state index >= 15 is 0 Å². The van der Waals surface area contributed by atoms with Crippen LogP contribution in [0.5, 0.6) is 0 Å². The van der Waals surface area contributed by atoms with Gasteiger partial charge in [0.2, 0.25) is 17.6 Å². The summed E-state index contributed by atoms with van der Waals surface area (Å²) in [6, 6.07) is 25.7. The maximum atomic E-state index is 14.0. The van der Waals surface area contributed by atoms with Gasteiger partial charge in [-0.2, -0.15) is 0 Å². The third-order valence-electron chi connectivity index (χ3n) is 8.75. The highest BCUT2D eigenvalue weighted by atomic mass is 16.5. The van der Waals surface area contributed by atoms with Crippen LogP contribution in [0.25, 0.3) is 10.9 Å². The van der Waals surface area contributed by atoms with Gasteiger partial charge in [-0.05, 0) is 36.1 Å². The number of rotatable bonds is 12. The number of carbonyl (C=O) groups excluding carboxylic acids is 5. The zero-order chi connectivity index (χ0) is 32.8. The molecule has 11 heteroatoms. The Morgan fingerprint density at radius 2 is 1.62 bits per heavy atom. The summed E-state index contributed by atoms with van der Waals surface area (Å²) in [6.45, 7) is 1.04. The summed E-state index contributed by atoms with van der Waals surface area (Å²) in [4.78, 5) is 71.5. The van der Waals surface area contributed by atoms with E-state index in [-0.39, 0.29) is 37.7 Å². The molecule has 0 bridgehead atoms. The predicted molar refractivity (Wildman–Crippen MR) is 174 cm³/mol. The van der Waals surface area contributed by atoms with Crippen molar-refractivity contribution in [1.29, 1.82) is 0 Å². The van der Waals surface area contributed by atoms with Gasteiger partial charge < -0.3 is 30.6 Å². The molecule has 0 saturated carbocycles. The number of aromatic amines is 1. The molecule has 4 aromatic rings. The number of H-pyrrole nitrogens is 1. The largest absolute Gasteiger partial charge is 0.372 e. The first-order chi connectivity index (χ1) is 22.9. The maximum absolute atomic E-state index is 14.0. The molecular formula is C36H37N5O6. The standard InChI is InChI=1S/C36H37N5O6/c42-32(35(45)38-20-23-9-3-1-4-10-23)29(18-26-15-16-37-33(26)43)40-34(44)31-19-27(47-22-24-11-5-2-6-12-24)21-41(31)36(46)30-17-25-13-7-8-14-28(25)39-30/h1-14,17,26-27,29,31,39H,15-16,18-22H2,(H,37,43)(H,38,45)(H,40,44)/t26-,27+,29?,31-/m0/s1. The average Bonchev–Trinajstić information content (AvgIpc) is 3.84. The van der Waals surface area contributed by atoms with Crippen molar-refractivity contribution in [3.63, 3.8) is 0 Å². The molecule has 11 nitrogen and oxygen atoms in total. The first kappa shape index (κ1) is 31.7. The van der Waals surface area contributed by atoms with Gasteiger partial charge in [-0.15, -0.1) is 0 Å². The number of benzene rings is 3. The Bertz CT molecular complexity index is 1720. The molecule has 0 aliphatic carbocycles. The van der Waals surface area contributed by atoms with E-state index in [2.05, 4.69) is 20.9 Å². The van der Waals surface area contributed by atoms with Gasteiger partial charge in [-0.25, -0.2) is 0 Å². The van der Waals surface area contributed by atoms with Crippen LogP contribution in [0.4, 0.5) is 0 Å². The average molecular weight is 636 g/mol. The van der Waals surface area contributed by atoms with E-state index in [0.717, 1.165) is 22.0 Å². The Morgan fingerprint density at radius 3 is 2.32 bits per heavy atom. The van der Waals surface area contributed by atoms with E-state index in [1.807, 2.05) is 84.9 Å². The van der Waals surface area contributed by atoms with Gasteiger partial charge in [0.05, 0.1) is 18.8 Å². The van der Waals surface area contributed by atoms with E-state index < -0.39 is 41.7 Å². The Kier molecular flexibility index (Phi) is 9.72. The molecule has 4 amide bonds. The molecule has 2 saturated heterocycles. The minimum Gasteiger partial charge on any atom is -0.372 e. The molecule has 6 rings (SSSR count). The lowest BCUT2D eigenvalue weighted by atomic mass is 9.95. The SMILES string of the molecule is O=C(NCc1ccccc1)C(=O)C(C[C@@H]1CCNC1=O)NC(=O)[C@@H]1C[C@@H](OCc2ccccc2)CN1C(=O)c1cc2ccccc2[nH]1. The highest BCUT2D eigenvalue weighted by Crippen LogP contribution is 2.26. The minimum absolute atomic E-state index is 0.0359. The van der Waals surface area contributed by atoms with Crippen molar-refractivity contribution in [2.45, 2.75) is 50.6 Å². The quantitative estimate of drug-likeness (QED) is 0.176. The zero-order valence-corrected chi connectivity index (χ0v) is 25.8. The van der Waals surface area contributed by atoms with Crippen LogP contribution >= 0.6 is 0 Å². The minimum atomic E-state index is -1.26. The fraction of sp³-hybridized carbons (Fsp3) is 0.306. The van der Waals surface area contributed by atoms with Gasteiger partial charge >= 0.3 is 0 Å². The fourth-order valence-corrected chi connectivity index (χ4v) is 6.20. The second kappa shape index (κ2) is 14.4. The summed E-state index contributed by atoms with van der Waals surface area (Å²) >= 11 is 0. The Hall–Kier alpha value is -5.29. The number of ether oxygens (including phenoxy) is 1. The van der Waals surface area contributed by atoms with E-state index in [1.54, 1.807) is 6.07 Å². The topological polar surface area (TPSA) is 150 Å². The van der Waals surface area contributed by atoms with Gasteiger partial charge in [0, 0.05) is 42.9 Å². The van der Waals surface area contributed by atoms with Gasteiger partial charge in [0.15, 0.2) is 0 Å². The molecule has 1 unspecified atom stereocenters. The zero-order valence-electron chi connectivity index (χ0n) is 25.8. The summed E-state index contributed by atoms with van der Waals surface area (Å²) in [5, 5.41) is 8.99. The van der Waals surface area contributed by atoms with Crippen LogP contribution < -0.4 is 16.0 Å². The summed E-state index contributed by atoms with van der Waals surface area (Å²) < 4.78 is 6.16. The van der Waals surface area contributed by atoms with E-state index in [1.165, 1.54) is 4.90 Å². The third-order valence-corrected chi connectivity index (χ3v) is 8.75. The van der Waals surface area contributed by atoms with Crippen molar-refractivity contribution in [2.24, 2.45) is 5.92 Å². The number of fused-ring (bicyclic) bond motifs is 1. The Labute approximate surface area is 272 Å². The molecule has 2 aliphatic heterocycles. The number of carbonyl (C=O) groups is 5. The summed E-state index contributed by atoms with van der Waals surface area (Å²) in [5.74, 6) is -3.46. The molecule has 2 fully saturated rings. The van der Waals surface area contributed by atoms with Gasteiger partial charge in [0.1, 0.15) is 11.7 Å². The molecule has 3 aromatic carbocycles. The van der Waals surface area contributed by atoms with Crippen LogP contribution in [-0.2, 0) is 37.1 Å². The molecule has 3 heterocycles.